The number of ketones is 1. The average molecular weight is 413 g/mol. The maximum absolute atomic E-state index is 13.9. The van der Waals surface area contributed by atoms with Gasteiger partial charge in [-0.25, -0.2) is 9.07 Å². The number of benzene rings is 2. The summed E-state index contributed by atoms with van der Waals surface area (Å²) < 4.78 is 21.3. The quantitative estimate of drug-likeness (QED) is 0.666. The van der Waals surface area contributed by atoms with E-state index in [2.05, 4.69) is 15.4 Å². The second kappa shape index (κ2) is 7.67. The fraction of sp³-hybridized carbons (Fsp3) is 0.190. The van der Waals surface area contributed by atoms with Crippen molar-refractivity contribution in [1.82, 2.24) is 14.8 Å². The molecule has 0 saturated heterocycles. The van der Waals surface area contributed by atoms with Crippen molar-refractivity contribution in [2.24, 2.45) is 0 Å². The molecule has 0 fully saturated rings. The van der Waals surface area contributed by atoms with Crippen LogP contribution in [-0.2, 0) is 11.4 Å². The number of fused-ring (bicyclic) bond motifs is 1. The van der Waals surface area contributed by atoms with E-state index in [1.165, 1.54) is 19.3 Å². The third kappa shape index (κ3) is 3.61. The van der Waals surface area contributed by atoms with Crippen LogP contribution >= 0.6 is 11.6 Å². The van der Waals surface area contributed by atoms with Gasteiger partial charge in [-0.3, -0.25) is 4.79 Å². The highest BCUT2D eigenvalue weighted by molar-refractivity contribution is 6.31. The number of hydrogen-bond donors (Lipinski definition) is 1. The van der Waals surface area contributed by atoms with E-state index in [9.17, 15) is 9.18 Å². The number of carbonyl (C=O) groups is 1. The van der Waals surface area contributed by atoms with E-state index in [-0.39, 0.29) is 18.4 Å². The predicted molar refractivity (Wildman–Crippen MR) is 107 cm³/mol. The van der Waals surface area contributed by atoms with E-state index < -0.39 is 5.82 Å². The third-order valence-corrected chi connectivity index (χ3v) is 5.17. The molecule has 8 heteroatoms. The molecular formula is C21H18ClFN4O2. The van der Waals surface area contributed by atoms with Crippen LogP contribution in [0.3, 0.4) is 0 Å². The van der Waals surface area contributed by atoms with Gasteiger partial charge >= 0.3 is 0 Å². The van der Waals surface area contributed by atoms with Crippen LogP contribution in [0.15, 0.2) is 60.1 Å². The molecule has 3 aromatic rings. The smallest absolute Gasteiger partial charge is 0.226 e. The molecule has 6 nitrogen and oxygen atoms in total. The summed E-state index contributed by atoms with van der Waals surface area (Å²) in [7, 11) is 0. The summed E-state index contributed by atoms with van der Waals surface area (Å²) in [5, 5.41) is 7.70. The van der Waals surface area contributed by atoms with Gasteiger partial charge in [-0.15, -0.1) is 0 Å². The first-order valence-corrected chi connectivity index (χ1v) is 9.37. The van der Waals surface area contributed by atoms with E-state index in [1.54, 1.807) is 28.9 Å². The van der Waals surface area contributed by atoms with Gasteiger partial charge in [-0.05, 0) is 43.7 Å². The van der Waals surface area contributed by atoms with Crippen molar-refractivity contribution in [3.05, 3.63) is 82.0 Å². The van der Waals surface area contributed by atoms with Crippen LogP contribution in [-0.4, -0.2) is 20.5 Å². The molecule has 1 aromatic heterocycles. The Bertz CT molecular complexity index is 1090. The average Bonchev–Trinajstić information content (AvgIpc) is 3.15. The minimum atomic E-state index is -0.408. The Kier molecular flexibility index (Phi) is 5.07. The van der Waals surface area contributed by atoms with E-state index in [0.717, 1.165) is 11.3 Å². The Labute approximate surface area is 172 Å². The fourth-order valence-corrected chi connectivity index (χ4v) is 3.64. The van der Waals surface area contributed by atoms with Crippen LogP contribution in [0.25, 0.3) is 0 Å². The Morgan fingerprint density at radius 3 is 2.72 bits per heavy atom. The molecule has 0 spiro atoms. The molecule has 0 bridgehead atoms. The predicted octanol–water partition coefficient (Wildman–Crippen LogP) is 4.53. The monoisotopic (exact) mass is 412 g/mol. The van der Waals surface area contributed by atoms with Crippen molar-refractivity contribution in [1.29, 1.82) is 0 Å². The molecule has 1 aliphatic rings. The van der Waals surface area contributed by atoms with Crippen LogP contribution in [0.2, 0.25) is 5.02 Å². The van der Waals surface area contributed by atoms with Crippen LogP contribution in [0, 0.1) is 5.82 Å². The zero-order chi connectivity index (χ0) is 20.5. The fourth-order valence-electron chi connectivity index (χ4n) is 3.43. The van der Waals surface area contributed by atoms with Gasteiger partial charge in [0.05, 0.1) is 5.02 Å². The highest BCUT2D eigenvalue weighted by atomic mass is 35.5. The van der Waals surface area contributed by atoms with Crippen LogP contribution in [0.5, 0.6) is 5.75 Å². The number of rotatable bonds is 5. The highest BCUT2D eigenvalue weighted by Gasteiger charge is 2.31. The van der Waals surface area contributed by atoms with Gasteiger partial charge in [0.1, 0.15) is 30.5 Å². The number of Topliss-reactive ketones (excluding diaryl/α,β-unsaturated/α-hetero) is 1. The molecule has 29 heavy (non-hydrogen) atoms. The lowest BCUT2D eigenvalue weighted by Crippen LogP contribution is -2.27. The Morgan fingerprint density at radius 1 is 1.28 bits per heavy atom. The number of carbonyl (C=O) groups excluding carboxylic acids is 1. The molecule has 0 amide bonds. The van der Waals surface area contributed by atoms with Crippen molar-refractivity contribution in [2.75, 3.05) is 5.32 Å². The van der Waals surface area contributed by atoms with Gasteiger partial charge in [0.2, 0.25) is 5.95 Å². The summed E-state index contributed by atoms with van der Waals surface area (Å²) in [6.45, 7) is 3.39. The summed E-state index contributed by atoms with van der Waals surface area (Å²) in [6, 6.07) is 11.4. The molecule has 0 radical (unpaired) electrons. The lowest BCUT2D eigenvalue weighted by molar-refractivity contribution is -0.114. The largest absolute Gasteiger partial charge is 0.489 e. The Balaban J connectivity index is 1.60. The van der Waals surface area contributed by atoms with Gasteiger partial charge in [0.25, 0.3) is 0 Å². The number of halogens is 2. The lowest BCUT2D eigenvalue weighted by atomic mass is 9.93. The molecule has 0 saturated carbocycles. The number of anilines is 1. The molecule has 148 valence electrons. The molecular weight excluding hydrogens is 395 g/mol. The van der Waals surface area contributed by atoms with Gasteiger partial charge in [-0.2, -0.15) is 10.1 Å². The number of nitrogens with one attached hydrogen (secondary N) is 1. The van der Waals surface area contributed by atoms with E-state index in [0.29, 0.717) is 27.9 Å². The van der Waals surface area contributed by atoms with Crippen molar-refractivity contribution in [2.45, 2.75) is 26.5 Å². The molecule has 1 atom stereocenters. The van der Waals surface area contributed by atoms with E-state index in [4.69, 9.17) is 16.3 Å². The zero-order valence-electron chi connectivity index (χ0n) is 15.8. The zero-order valence-corrected chi connectivity index (χ0v) is 16.6. The van der Waals surface area contributed by atoms with Crippen LogP contribution in [0.1, 0.15) is 31.0 Å². The summed E-state index contributed by atoms with van der Waals surface area (Å²) in [5.74, 6) is 0.683. The highest BCUT2D eigenvalue weighted by Crippen LogP contribution is 2.35. The minimum absolute atomic E-state index is 0.0170. The molecule has 2 aromatic carbocycles. The van der Waals surface area contributed by atoms with E-state index in [1.807, 2.05) is 19.1 Å². The van der Waals surface area contributed by atoms with Crippen LogP contribution < -0.4 is 10.1 Å². The maximum Gasteiger partial charge on any atom is 0.226 e. The number of aromatic nitrogens is 3. The molecule has 1 aliphatic heterocycles. The van der Waals surface area contributed by atoms with Gasteiger partial charge in [-0.1, -0.05) is 29.8 Å². The van der Waals surface area contributed by atoms with Gasteiger partial charge in [0, 0.05) is 16.8 Å². The van der Waals surface area contributed by atoms with E-state index >= 15 is 0 Å². The number of hydrogen-bond acceptors (Lipinski definition) is 5. The molecule has 1 unspecified atom stereocenters. The first-order chi connectivity index (χ1) is 14.0. The second-order valence-corrected chi connectivity index (χ2v) is 7.12. The van der Waals surface area contributed by atoms with Crippen molar-refractivity contribution >= 4 is 23.3 Å². The van der Waals surface area contributed by atoms with Crippen molar-refractivity contribution in [3.63, 3.8) is 0 Å². The summed E-state index contributed by atoms with van der Waals surface area (Å²) in [5.41, 5.74) is 2.53. The third-order valence-electron chi connectivity index (χ3n) is 4.81. The molecule has 4 rings (SSSR count). The Morgan fingerprint density at radius 2 is 2.03 bits per heavy atom. The first kappa shape index (κ1) is 19.1. The lowest BCUT2D eigenvalue weighted by Gasteiger charge is -2.28. The molecule has 2 heterocycles. The minimum Gasteiger partial charge on any atom is -0.489 e. The molecule has 1 N–H and O–H groups in total. The van der Waals surface area contributed by atoms with Gasteiger partial charge < -0.3 is 10.1 Å². The Hall–Kier alpha value is -3.19. The summed E-state index contributed by atoms with van der Waals surface area (Å²) in [6.07, 6.45) is 1.45. The van der Waals surface area contributed by atoms with Crippen LogP contribution in [0.4, 0.5) is 10.3 Å². The first-order valence-electron chi connectivity index (χ1n) is 8.99. The maximum atomic E-state index is 13.9. The van der Waals surface area contributed by atoms with Crippen molar-refractivity contribution < 1.29 is 13.9 Å². The number of nitrogens with zero attached hydrogens (tertiary/aromatic N) is 3. The topological polar surface area (TPSA) is 69.0 Å². The normalized spacial score (nSPS) is 15.7. The van der Waals surface area contributed by atoms with Crippen molar-refractivity contribution in [3.8, 4) is 5.75 Å². The summed E-state index contributed by atoms with van der Waals surface area (Å²) in [4.78, 5) is 16.5. The molecule has 0 aliphatic carbocycles. The second-order valence-electron chi connectivity index (χ2n) is 6.71. The standard InChI is InChI=1S/C21H18ClFN4O2/c1-12-19(13(2)28)20(27-21(26-12)24-11-25-27)14-6-8-15(9-7-14)29-10-16-17(22)4-3-5-18(16)23/h3-9,11,20H,10H2,1-2H3,(H,24,25,26). The van der Waals surface area contributed by atoms with Gasteiger partial charge in [0.15, 0.2) is 5.78 Å². The number of allylic oxidation sites excluding steroid dienone is 2. The summed E-state index contributed by atoms with van der Waals surface area (Å²) >= 11 is 6.04. The SMILES string of the molecule is CC(=O)C1=C(C)Nc2ncnn2C1c1ccc(OCc2c(F)cccc2Cl)cc1. The number of ether oxygens (including phenoxy) is 1.